The van der Waals surface area contributed by atoms with Crippen LogP contribution in [0.15, 0.2) is 28.3 Å². The molecule has 0 atom stereocenters. The summed E-state index contributed by atoms with van der Waals surface area (Å²) in [5, 5.41) is 0.0213. The van der Waals surface area contributed by atoms with E-state index in [2.05, 4.69) is 9.97 Å². The summed E-state index contributed by atoms with van der Waals surface area (Å²) in [6.07, 6.45) is 2.20. The molecule has 0 fully saturated rings. The largest absolute Gasteiger partial charge is 0.293 e. The van der Waals surface area contributed by atoms with Crippen molar-refractivity contribution in [2.75, 3.05) is 12.0 Å². The third kappa shape index (κ3) is 3.87. The SMILES string of the molecule is CS(=O)(=O)c1ncc2ccc(=O)n(CCCS(=O)(=O)O)c2n1. The van der Waals surface area contributed by atoms with Crippen molar-refractivity contribution in [3.05, 3.63) is 28.7 Å². The Bertz CT molecular complexity index is 979. The fraction of sp³-hybridized carbons (Fsp3) is 0.364. The summed E-state index contributed by atoms with van der Waals surface area (Å²) < 4.78 is 54.3. The highest BCUT2D eigenvalue weighted by atomic mass is 32.2. The molecule has 0 aromatic carbocycles. The Labute approximate surface area is 126 Å². The van der Waals surface area contributed by atoms with Crippen LogP contribution in [0.2, 0.25) is 0 Å². The lowest BCUT2D eigenvalue weighted by Gasteiger charge is -2.09. The van der Waals surface area contributed by atoms with E-state index in [9.17, 15) is 21.6 Å². The number of nitrogens with zero attached hydrogens (tertiary/aromatic N) is 3. The molecule has 9 nitrogen and oxygen atoms in total. The quantitative estimate of drug-likeness (QED) is 0.563. The van der Waals surface area contributed by atoms with Gasteiger partial charge in [-0.2, -0.15) is 13.4 Å². The van der Waals surface area contributed by atoms with Crippen molar-refractivity contribution < 1.29 is 21.4 Å². The maximum absolute atomic E-state index is 11.9. The molecule has 0 amide bonds. The molecule has 0 unspecified atom stereocenters. The Hall–Kier alpha value is -1.85. The molecule has 0 radical (unpaired) electrons. The molecular weight excluding hydrogens is 334 g/mol. The summed E-state index contributed by atoms with van der Waals surface area (Å²) >= 11 is 0. The Balaban J connectivity index is 2.51. The van der Waals surface area contributed by atoms with Gasteiger partial charge in [0.25, 0.3) is 15.7 Å². The highest BCUT2D eigenvalue weighted by Crippen LogP contribution is 2.11. The first kappa shape index (κ1) is 16.5. The van der Waals surface area contributed by atoms with Crippen molar-refractivity contribution in [1.82, 2.24) is 14.5 Å². The van der Waals surface area contributed by atoms with Crippen LogP contribution in [0.5, 0.6) is 0 Å². The molecule has 0 spiro atoms. The van der Waals surface area contributed by atoms with Gasteiger partial charge in [-0.1, -0.05) is 0 Å². The Morgan fingerprint density at radius 3 is 2.50 bits per heavy atom. The van der Waals surface area contributed by atoms with Crippen molar-refractivity contribution >= 4 is 31.0 Å². The van der Waals surface area contributed by atoms with Crippen LogP contribution in [0.1, 0.15) is 6.42 Å². The van der Waals surface area contributed by atoms with Gasteiger partial charge in [0.05, 0.1) is 5.75 Å². The van der Waals surface area contributed by atoms with Gasteiger partial charge < -0.3 is 0 Å². The number of aromatic nitrogens is 3. The van der Waals surface area contributed by atoms with Crippen molar-refractivity contribution in [2.45, 2.75) is 18.1 Å². The Morgan fingerprint density at radius 1 is 1.23 bits per heavy atom. The van der Waals surface area contributed by atoms with E-state index in [0.717, 1.165) is 10.8 Å². The van der Waals surface area contributed by atoms with Gasteiger partial charge in [-0.25, -0.2) is 13.4 Å². The summed E-state index contributed by atoms with van der Waals surface area (Å²) in [6, 6.07) is 2.70. The fourth-order valence-corrected chi connectivity index (χ4v) is 2.85. The zero-order chi connectivity index (χ0) is 16.5. The van der Waals surface area contributed by atoms with Gasteiger partial charge in [-0.3, -0.25) is 13.9 Å². The van der Waals surface area contributed by atoms with E-state index in [-0.39, 0.29) is 18.6 Å². The van der Waals surface area contributed by atoms with E-state index in [1.165, 1.54) is 18.3 Å². The number of hydrogen-bond acceptors (Lipinski definition) is 7. The number of hydrogen-bond donors (Lipinski definition) is 1. The van der Waals surface area contributed by atoms with Crippen LogP contribution in [0.25, 0.3) is 11.0 Å². The smallest absolute Gasteiger partial charge is 0.264 e. The number of rotatable bonds is 5. The lowest BCUT2D eigenvalue weighted by Crippen LogP contribution is -2.22. The molecule has 0 aliphatic carbocycles. The van der Waals surface area contributed by atoms with Gasteiger partial charge in [0.15, 0.2) is 0 Å². The van der Waals surface area contributed by atoms with Gasteiger partial charge >= 0.3 is 0 Å². The molecule has 0 saturated carbocycles. The first-order valence-corrected chi connectivity index (χ1v) is 9.60. The molecule has 2 heterocycles. The normalized spacial score (nSPS) is 12.6. The van der Waals surface area contributed by atoms with Crippen LogP contribution in [0, 0.1) is 0 Å². The maximum Gasteiger partial charge on any atom is 0.264 e. The van der Waals surface area contributed by atoms with E-state index in [4.69, 9.17) is 4.55 Å². The minimum atomic E-state index is -4.14. The van der Waals surface area contributed by atoms with E-state index >= 15 is 0 Å². The lowest BCUT2D eigenvalue weighted by atomic mass is 10.3. The zero-order valence-corrected chi connectivity index (χ0v) is 13.1. The second kappa shape index (κ2) is 5.74. The molecular formula is C11H13N3O6S2. The van der Waals surface area contributed by atoms with Gasteiger partial charge in [0.2, 0.25) is 15.0 Å². The van der Waals surface area contributed by atoms with Crippen molar-refractivity contribution in [3.8, 4) is 0 Å². The third-order valence-corrected chi connectivity index (χ3v) is 4.48. The van der Waals surface area contributed by atoms with Crippen molar-refractivity contribution in [3.63, 3.8) is 0 Å². The predicted octanol–water partition coefficient (Wildman–Crippen LogP) is -0.527. The molecule has 1 N–H and O–H groups in total. The lowest BCUT2D eigenvalue weighted by molar-refractivity contribution is 0.478. The van der Waals surface area contributed by atoms with Crippen molar-refractivity contribution in [2.24, 2.45) is 0 Å². The molecule has 0 bridgehead atoms. The van der Waals surface area contributed by atoms with E-state index < -0.39 is 36.4 Å². The van der Waals surface area contributed by atoms with Crippen LogP contribution < -0.4 is 5.56 Å². The number of sulfone groups is 1. The minimum Gasteiger partial charge on any atom is -0.293 e. The average molecular weight is 347 g/mol. The van der Waals surface area contributed by atoms with Crippen LogP contribution in [0.4, 0.5) is 0 Å². The molecule has 2 aromatic rings. The van der Waals surface area contributed by atoms with E-state index in [1.807, 2.05) is 0 Å². The second-order valence-electron chi connectivity index (χ2n) is 4.67. The highest BCUT2D eigenvalue weighted by molar-refractivity contribution is 7.90. The second-order valence-corrected chi connectivity index (χ2v) is 8.15. The standard InChI is InChI=1S/C11H13N3O6S2/c1-21(16,17)11-12-7-8-3-4-9(15)14(10(8)13-11)5-2-6-22(18,19)20/h3-4,7H,2,5-6H2,1H3,(H,18,19,20). The molecule has 22 heavy (non-hydrogen) atoms. The summed E-state index contributed by atoms with van der Waals surface area (Å²) in [5.41, 5.74) is -0.362. The number of fused-ring (bicyclic) bond motifs is 1. The maximum atomic E-state index is 11.9. The van der Waals surface area contributed by atoms with Crippen molar-refractivity contribution in [1.29, 1.82) is 0 Å². The first-order valence-electron chi connectivity index (χ1n) is 6.10. The van der Waals surface area contributed by atoms with Crippen LogP contribution >= 0.6 is 0 Å². The molecule has 0 saturated heterocycles. The Kier molecular flexibility index (Phi) is 4.31. The molecule has 0 aliphatic rings. The van der Waals surface area contributed by atoms with Crippen LogP contribution in [-0.4, -0.2) is 47.9 Å². The summed E-state index contributed by atoms with van der Waals surface area (Å²) in [7, 11) is -7.78. The van der Waals surface area contributed by atoms with Gasteiger partial charge in [-0.05, 0) is 12.5 Å². The molecule has 2 aromatic heterocycles. The van der Waals surface area contributed by atoms with Crippen LogP contribution in [0.3, 0.4) is 0 Å². The van der Waals surface area contributed by atoms with E-state index in [0.29, 0.717) is 5.39 Å². The summed E-state index contributed by atoms with van der Waals surface area (Å²) in [6.45, 7) is -0.0316. The molecule has 11 heteroatoms. The molecule has 2 rings (SSSR count). The average Bonchev–Trinajstić information content (AvgIpc) is 2.38. The summed E-state index contributed by atoms with van der Waals surface area (Å²) in [5.74, 6) is -0.514. The number of pyridine rings is 1. The van der Waals surface area contributed by atoms with Gasteiger partial charge in [0.1, 0.15) is 5.65 Å². The van der Waals surface area contributed by atoms with E-state index in [1.54, 1.807) is 0 Å². The third-order valence-electron chi connectivity index (χ3n) is 2.82. The first-order chi connectivity index (χ1) is 10.1. The topological polar surface area (TPSA) is 136 Å². The Morgan fingerprint density at radius 2 is 1.91 bits per heavy atom. The van der Waals surface area contributed by atoms with Crippen LogP contribution in [-0.2, 0) is 26.5 Å². The molecule has 120 valence electrons. The predicted molar refractivity (Wildman–Crippen MR) is 77.9 cm³/mol. The minimum absolute atomic E-state index is 0.0178. The summed E-state index contributed by atoms with van der Waals surface area (Å²) in [4.78, 5) is 19.5. The monoisotopic (exact) mass is 347 g/mol. The number of aryl methyl sites for hydroxylation is 1. The zero-order valence-electron chi connectivity index (χ0n) is 11.5. The van der Waals surface area contributed by atoms with Gasteiger partial charge in [0, 0.05) is 30.4 Å². The van der Waals surface area contributed by atoms with Gasteiger partial charge in [-0.15, -0.1) is 0 Å². The highest BCUT2D eigenvalue weighted by Gasteiger charge is 2.14. The fourth-order valence-electron chi connectivity index (χ4n) is 1.86. The molecule has 0 aliphatic heterocycles.